The van der Waals surface area contributed by atoms with Gasteiger partial charge in [0.05, 0.1) is 44.2 Å². The van der Waals surface area contributed by atoms with E-state index in [-0.39, 0.29) is 31.5 Å². The highest BCUT2D eigenvalue weighted by molar-refractivity contribution is 5.88. The summed E-state index contributed by atoms with van der Waals surface area (Å²) in [7, 11) is 2.53. The lowest BCUT2D eigenvalue weighted by Gasteiger charge is -2.23. The van der Waals surface area contributed by atoms with E-state index >= 15 is 0 Å². The molecule has 1 aliphatic heterocycles. The Hall–Kier alpha value is -3.86. The van der Waals surface area contributed by atoms with E-state index in [1.54, 1.807) is 12.1 Å². The van der Waals surface area contributed by atoms with Crippen LogP contribution in [0, 0.1) is 17.2 Å². The molecule has 0 saturated carbocycles. The summed E-state index contributed by atoms with van der Waals surface area (Å²) in [5.41, 5.74) is 2.55. The van der Waals surface area contributed by atoms with Crippen molar-refractivity contribution in [3.8, 4) is 22.9 Å². The molecule has 0 N–H and O–H groups in total. The molecule has 2 atom stereocenters. The van der Waals surface area contributed by atoms with Crippen LogP contribution in [-0.2, 0) is 23.9 Å². The molecule has 8 heteroatoms. The molecular weight excluding hydrogens is 412 g/mol. The Balaban J connectivity index is 1.66. The minimum atomic E-state index is -0.556. The van der Waals surface area contributed by atoms with Crippen LogP contribution in [0.2, 0.25) is 0 Å². The van der Waals surface area contributed by atoms with Gasteiger partial charge in [0.25, 0.3) is 0 Å². The lowest BCUT2D eigenvalue weighted by Crippen LogP contribution is -2.41. The number of ether oxygens (including phenoxy) is 3. The van der Waals surface area contributed by atoms with Crippen LogP contribution >= 0.6 is 0 Å². The first-order valence-electron chi connectivity index (χ1n) is 10.1. The Morgan fingerprint density at radius 2 is 1.59 bits per heavy atom. The van der Waals surface area contributed by atoms with Gasteiger partial charge in [0.1, 0.15) is 18.9 Å². The lowest BCUT2D eigenvalue weighted by atomic mass is 10.0. The van der Waals surface area contributed by atoms with Crippen molar-refractivity contribution in [1.29, 1.82) is 5.26 Å². The molecule has 0 spiro atoms. The van der Waals surface area contributed by atoms with E-state index in [2.05, 4.69) is 10.8 Å². The maximum absolute atomic E-state index is 12.7. The number of methoxy groups -OCH3 is 2. The number of benzene rings is 2. The van der Waals surface area contributed by atoms with Crippen molar-refractivity contribution < 1.29 is 28.6 Å². The van der Waals surface area contributed by atoms with Crippen LogP contribution in [0.15, 0.2) is 48.5 Å². The van der Waals surface area contributed by atoms with Gasteiger partial charge in [0, 0.05) is 0 Å². The average molecular weight is 436 g/mol. The molecule has 0 radical (unpaired) electrons. The van der Waals surface area contributed by atoms with Crippen molar-refractivity contribution >= 4 is 17.8 Å². The topological polar surface area (TPSA) is 106 Å². The molecule has 0 bridgehead atoms. The summed E-state index contributed by atoms with van der Waals surface area (Å²) in [6.45, 7) is -0.0186. The average Bonchev–Trinajstić information content (AvgIpc) is 3.11. The zero-order chi connectivity index (χ0) is 23.1. The minimum Gasteiger partial charge on any atom is -0.491 e. The number of nitrogens with zero attached hydrogens (tertiary/aromatic N) is 2. The van der Waals surface area contributed by atoms with Crippen LogP contribution in [0.5, 0.6) is 5.75 Å². The molecule has 8 nitrogen and oxygen atoms in total. The van der Waals surface area contributed by atoms with Gasteiger partial charge in [-0.15, -0.1) is 0 Å². The summed E-state index contributed by atoms with van der Waals surface area (Å²) >= 11 is 0. The number of nitriles is 1. The molecule has 3 rings (SSSR count). The second-order valence-electron chi connectivity index (χ2n) is 7.43. The maximum Gasteiger partial charge on any atom is 0.325 e. The van der Waals surface area contributed by atoms with E-state index < -0.39 is 17.9 Å². The molecule has 32 heavy (non-hydrogen) atoms. The van der Waals surface area contributed by atoms with E-state index in [9.17, 15) is 14.4 Å². The molecule has 166 valence electrons. The minimum absolute atomic E-state index is 0.0389. The normalized spacial score (nSPS) is 17.5. The van der Waals surface area contributed by atoms with Crippen LogP contribution in [0.25, 0.3) is 11.1 Å². The quantitative estimate of drug-likeness (QED) is 0.586. The fraction of sp³-hybridized carbons (Fsp3) is 0.333. The van der Waals surface area contributed by atoms with E-state index in [1.807, 2.05) is 36.4 Å². The van der Waals surface area contributed by atoms with E-state index in [0.29, 0.717) is 17.7 Å². The van der Waals surface area contributed by atoms with Gasteiger partial charge in [-0.2, -0.15) is 5.26 Å². The van der Waals surface area contributed by atoms with Crippen molar-refractivity contribution in [2.45, 2.75) is 18.9 Å². The van der Waals surface area contributed by atoms with Gasteiger partial charge in [0.2, 0.25) is 5.91 Å². The number of amides is 1. The van der Waals surface area contributed by atoms with Gasteiger partial charge in [0.15, 0.2) is 0 Å². The Morgan fingerprint density at radius 3 is 2.16 bits per heavy atom. The number of hydrogen-bond donors (Lipinski definition) is 0. The highest BCUT2D eigenvalue weighted by atomic mass is 16.5. The van der Waals surface area contributed by atoms with E-state index in [1.165, 1.54) is 19.1 Å². The first-order valence-corrected chi connectivity index (χ1v) is 10.1. The van der Waals surface area contributed by atoms with Crippen LogP contribution in [0.3, 0.4) is 0 Å². The summed E-state index contributed by atoms with van der Waals surface area (Å²) in [6.07, 6.45) is 0.344. The molecule has 1 aliphatic rings. The van der Waals surface area contributed by atoms with Crippen LogP contribution < -0.4 is 4.74 Å². The molecule has 1 fully saturated rings. The maximum atomic E-state index is 12.7. The van der Waals surface area contributed by atoms with Crippen LogP contribution in [0.1, 0.15) is 18.4 Å². The first-order chi connectivity index (χ1) is 15.4. The largest absolute Gasteiger partial charge is 0.491 e. The van der Waals surface area contributed by atoms with Gasteiger partial charge in [-0.05, 0) is 41.8 Å². The van der Waals surface area contributed by atoms with Crippen molar-refractivity contribution in [2.24, 2.45) is 5.92 Å². The van der Waals surface area contributed by atoms with Gasteiger partial charge in [-0.3, -0.25) is 14.4 Å². The molecule has 1 saturated heterocycles. The SMILES string of the molecule is COC(=O)C[C@@H]1C[C@@H](COc2ccc(-c3ccc(C#N)cc3)cc2)N(CC(=O)OC)C1=O. The van der Waals surface area contributed by atoms with E-state index in [4.69, 9.17) is 14.7 Å². The molecule has 2 aromatic rings. The standard InChI is InChI=1S/C24H24N2O6/c1-30-22(27)12-19-11-20(26(24(19)29)14-23(28)31-2)15-32-21-9-7-18(8-10-21)17-5-3-16(13-25)4-6-17/h3-10,19-20H,11-12,14-15H2,1-2H3/t19-,20-/m0/s1. The Morgan fingerprint density at radius 1 is 1.00 bits per heavy atom. The molecule has 0 unspecified atom stereocenters. The summed E-state index contributed by atoms with van der Waals surface area (Å²) in [5.74, 6) is -1.23. The van der Waals surface area contributed by atoms with Crippen molar-refractivity contribution in [3.05, 3.63) is 54.1 Å². The van der Waals surface area contributed by atoms with Crippen LogP contribution in [0.4, 0.5) is 0 Å². The predicted molar refractivity (Wildman–Crippen MR) is 114 cm³/mol. The van der Waals surface area contributed by atoms with Gasteiger partial charge in [-0.1, -0.05) is 24.3 Å². The second-order valence-corrected chi connectivity index (χ2v) is 7.43. The smallest absolute Gasteiger partial charge is 0.325 e. The summed E-state index contributed by atoms with van der Waals surface area (Å²) in [5, 5.41) is 8.91. The van der Waals surface area contributed by atoms with Gasteiger partial charge >= 0.3 is 11.9 Å². The van der Waals surface area contributed by atoms with Gasteiger partial charge in [-0.25, -0.2) is 0 Å². The Bertz CT molecular complexity index is 1010. The molecular formula is C24H24N2O6. The third-order valence-electron chi connectivity index (χ3n) is 5.44. The van der Waals surface area contributed by atoms with E-state index in [0.717, 1.165) is 11.1 Å². The highest BCUT2D eigenvalue weighted by Crippen LogP contribution is 2.29. The molecule has 1 amide bonds. The number of carbonyl (C=O) groups is 3. The zero-order valence-electron chi connectivity index (χ0n) is 17.9. The van der Waals surface area contributed by atoms with Gasteiger partial charge < -0.3 is 19.1 Å². The number of likely N-dealkylation sites (tertiary alicyclic amines) is 1. The number of rotatable bonds is 8. The van der Waals surface area contributed by atoms with Crippen LogP contribution in [-0.4, -0.2) is 56.2 Å². The van der Waals surface area contributed by atoms with Crippen molar-refractivity contribution in [3.63, 3.8) is 0 Å². The molecule has 1 heterocycles. The first kappa shape index (κ1) is 22.8. The summed E-state index contributed by atoms with van der Waals surface area (Å²) in [4.78, 5) is 37.5. The lowest BCUT2D eigenvalue weighted by molar-refractivity contribution is -0.148. The number of hydrogen-bond acceptors (Lipinski definition) is 7. The summed E-state index contributed by atoms with van der Waals surface area (Å²) in [6, 6.07) is 16.5. The highest BCUT2D eigenvalue weighted by Gasteiger charge is 2.41. The second kappa shape index (κ2) is 10.4. The third-order valence-corrected chi connectivity index (χ3v) is 5.44. The molecule has 0 aromatic heterocycles. The Labute approximate surface area is 186 Å². The fourth-order valence-corrected chi connectivity index (χ4v) is 3.67. The van der Waals surface area contributed by atoms with Crippen molar-refractivity contribution in [1.82, 2.24) is 4.90 Å². The number of esters is 2. The predicted octanol–water partition coefficient (Wildman–Crippen LogP) is 2.56. The molecule has 0 aliphatic carbocycles. The summed E-state index contributed by atoms with van der Waals surface area (Å²) < 4.78 is 15.3. The van der Waals surface area contributed by atoms with Crippen molar-refractivity contribution in [2.75, 3.05) is 27.4 Å². The Kier molecular flexibility index (Phi) is 7.45. The molecule has 2 aromatic carbocycles. The number of carbonyl (C=O) groups excluding carboxylic acids is 3. The third kappa shape index (κ3) is 5.43. The fourth-order valence-electron chi connectivity index (χ4n) is 3.67. The zero-order valence-corrected chi connectivity index (χ0v) is 17.9. The monoisotopic (exact) mass is 436 g/mol.